The van der Waals surface area contributed by atoms with Crippen molar-refractivity contribution in [1.82, 2.24) is 5.32 Å². The maximum atomic E-state index is 13.1. The second kappa shape index (κ2) is 7.03. The Morgan fingerprint density at radius 2 is 2.05 bits per heavy atom. The normalized spacial score (nSPS) is 15.5. The number of nitrogens with two attached hydrogens (primary N) is 1. The van der Waals surface area contributed by atoms with E-state index < -0.39 is 18.4 Å². The first-order valence-corrected chi connectivity index (χ1v) is 6.65. The Kier molecular flexibility index (Phi) is 5.10. The minimum absolute atomic E-state index is 0.0219. The number of nitrogen functional groups attached to an aromatic ring is 1. The Bertz CT molecular complexity index is 509. The van der Waals surface area contributed by atoms with Gasteiger partial charge in [-0.05, 0) is 31.0 Å². The molecular weight excluding hydrogens is 279 g/mol. The zero-order chi connectivity index (χ0) is 15.2. The van der Waals surface area contributed by atoms with Gasteiger partial charge in [0.25, 0.3) is 5.91 Å². The molecular formula is C14H17FN2O4. The number of hydrogen-bond acceptors (Lipinski definition) is 5. The lowest BCUT2D eigenvalue weighted by Gasteiger charge is -2.22. The van der Waals surface area contributed by atoms with Crippen molar-refractivity contribution >= 4 is 17.6 Å². The van der Waals surface area contributed by atoms with Crippen LogP contribution in [-0.2, 0) is 14.3 Å². The van der Waals surface area contributed by atoms with Gasteiger partial charge in [0.05, 0.1) is 5.56 Å². The fraction of sp³-hybridized carbons (Fsp3) is 0.429. The van der Waals surface area contributed by atoms with Crippen molar-refractivity contribution in [2.24, 2.45) is 0 Å². The van der Waals surface area contributed by atoms with Gasteiger partial charge in [-0.1, -0.05) is 0 Å². The third-order valence-corrected chi connectivity index (χ3v) is 3.08. The Morgan fingerprint density at radius 1 is 1.33 bits per heavy atom. The van der Waals surface area contributed by atoms with Crippen LogP contribution in [0.5, 0.6) is 0 Å². The maximum Gasteiger partial charge on any atom is 0.338 e. The first kappa shape index (κ1) is 15.2. The average molecular weight is 296 g/mol. The van der Waals surface area contributed by atoms with Crippen molar-refractivity contribution in [3.05, 3.63) is 29.6 Å². The minimum Gasteiger partial charge on any atom is -0.452 e. The summed E-state index contributed by atoms with van der Waals surface area (Å²) in [5.41, 5.74) is 5.54. The van der Waals surface area contributed by atoms with Crippen LogP contribution in [0.25, 0.3) is 0 Å². The van der Waals surface area contributed by atoms with Crippen LogP contribution in [0.3, 0.4) is 0 Å². The molecule has 0 radical (unpaired) electrons. The van der Waals surface area contributed by atoms with Gasteiger partial charge in [-0.15, -0.1) is 0 Å². The Balaban J connectivity index is 1.81. The summed E-state index contributed by atoms with van der Waals surface area (Å²) in [5, 5.41) is 2.75. The van der Waals surface area contributed by atoms with Crippen molar-refractivity contribution in [1.29, 1.82) is 0 Å². The van der Waals surface area contributed by atoms with Crippen LogP contribution >= 0.6 is 0 Å². The van der Waals surface area contributed by atoms with Gasteiger partial charge < -0.3 is 20.5 Å². The molecule has 1 fully saturated rings. The molecule has 1 saturated heterocycles. The molecule has 6 nitrogen and oxygen atoms in total. The van der Waals surface area contributed by atoms with Crippen molar-refractivity contribution in [2.75, 3.05) is 25.6 Å². The van der Waals surface area contributed by atoms with E-state index >= 15 is 0 Å². The van der Waals surface area contributed by atoms with Gasteiger partial charge in [-0.3, -0.25) is 4.79 Å². The molecule has 1 aromatic rings. The van der Waals surface area contributed by atoms with E-state index in [1.54, 1.807) is 0 Å². The average Bonchev–Trinajstić information content (AvgIpc) is 2.45. The molecule has 0 aliphatic carbocycles. The third kappa shape index (κ3) is 4.71. The highest BCUT2D eigenvalue weighted by atomic mass is 19.1. The first-order chi connectivity index (χ1) is 10.0. The second-order valence-corrected chi connectivity index (χ2v) is 4.80. The number of hydrogen-bond donors (Lipinski definition) is 2. The van der Waals surface area contributed by atoms with Crippen molar-refractivity contribution in [3.63, 3.8) is 0 Å². The fourth-order valence-electron chi connectivity index (χ4n) is 2.06. The van der Waals surface area contributed by atoms with Crippen LogP contribution < -0.4 is 11.1 Å². The zero-order valence-corrected chi connectivity index (χ0v) is 11.4. The predicted octanol–water partition coefficient (Wildman–Crippen LogP) is 0.860. The summed E-state index contributed by atoms with van der Waals surface area (Å²) in [6, 6.07) is 3.43. The number of amides is 1. The molecule has 21 heavy (non-hydrogen) atoms. The topological polar surface area (TPSA) is 90.7 Å². The van der Waals surface area contributed by atoms with Crippen LogP contribution in [0.4, 0.5) is 10.1 Å². The molecule has 1 aromatic carbocycles. The number of rotatable bonds is 4. The molecule has 0 unspecified atom stereocenters. The molecule has 7 heteroatoms. The zero-order valence-electron chi connectivity index (χ0n) is 11.4. The van der Waals surface area contributed by atoms with Gasteiger partial charge in [-0.25, -0.2) is 9.18 Å². The molecule has 0 aromatic heterocycles. The monoisotopic (exact) mass is 296 g/mol. The standard InChI is InChI=1S/C14H17FN2O4/c15-10-5-9(6-11(16)7-10)14(19)21-8-13(18)17-12-1-3-20-4-2-12/h5-7,12H,1-4,8,16H2,(H,17,18). The summed E-state index contributed by atoms with van der Waals surface area (Å²) in [6.45, 7) is 0.799. The number of ether oxygens (including phenoxy) is 2. The maximum absolute atomic E-state index is 13.1. The Hall–Kier alpha value is -2.15. The number of benzene rings is 1. The summed E-state index contributed by atoms with van der Waals surface area (Å²) in [7, 11) is 0. The molecule has 3 N–H and O–H groups in total. The molecule has 2 rings (SSSR count). The molecule has 1 heterocycles. The van der Waals surface area contributed by atoms with Crippen LogP contribution in [0, 0.1) is 5.82 Å². The molecule has 0 saturated carbocycles. The van der Waals surface area contributed by atoms with Gasteiger partial charge in [0, 0.05) is 24.9 Å². The van der Waals surface area contributed by atoms with Crippen molar-refractivity contribution < 1.29 is 23.5 Å². The SMILES string of the molecule is Nc1cc(F)cc(C(=O)OCC(=O)NC2CCOCC2)c1. The lowest BCUT2D eigenvalue weighted by Crippen LogP contribution is -2.41. The highest BCUT2D eigenvalue weighted by Gasteiger charge is 2.17. The van der Waals surface area contributed by atoms with Crippen molar-refractivity contribution in [3.8, 4) is 0 Å². The van der Waals surface area contributed by atoms with E-state index in [9.17, 15) is 14.0 Å². The number of carbonyl (C=O) groups is 2. The molecule has 1 aliphatic rings. The van der Waals surface area contributed by atoms with Gasteiger partial charge in [0.15, 0.2) is 6.61 Å². The summed E-state index contributed by atoms with van der Waals surface area (Å²) in [6.07, 6.45) is 1.47. The number of carbonyl (C=O) groups excluding carboxylic acids is 2. The van der Waals surface area contributed by atoms with Gasteiger partial charge in [-0.2, -0.15) is 0 Å². The highest BCUT2D eigenvalue weighted by molar-refractivity contribution is 5.92. The summed E-state index contributed by atoms with van der Waals surface area (Å²) < 4.78 is 23.1. The van der Waals surface area contributed by atoms with E-state index in [4.69, 9.17) is 15.2 Å². The van der Waals surface area contributed by atoms with Gasteiger partial charge >= 0.3 is 5.97 Å². The van der Waals surface area contributed by atoms with Gasteiger partial charge in [0.2, 0.25) is 0 Å². The van der Waals surface area contributed by atoms with E-state index in [0.29, 0.717) is 13.2 Å². The Morgan fingerprint density at radius 3 is 2.71 bits per heavy atom. The Labute approximate surface area is 121 Å². The van der Waals surface area contributed by atoms with E-state index in [1.165, 1.54) is 6.07 Å². The van der Waals surface area contributed by atoms with E-state index in [-0.39, 0.29) is 23.2 Å². The molecule has 0 bridgehead atoms. The summed E-state index contributed by atoms with van der Waals surface area (Å²) >= 11 is 0. The third-order valence-electron chi connectivity index (χ3n) is 3.08. The summed E-state index contributed by atoms with van der Waals surface area (Å²) in [5.74, 6) is -1.81. The van der Waals surface area contributed by atoms with Crippen LogP contribution in [0.15, 0.2) is 18.2 Å². The van der Waals surface area contributed by atoms with Crippen LogP contribution in [0.1, 0.15) is 23.2 Å². The van der Waals surface area contributed by atoms with E-state index in [1.807, 2.05) is 0 Å². The molecule has 0 atom stereocenters. The number of nitrogens with one attached hydrogen (secondary N) is 1. The van der Waals surface area contributed by atoms with Crippen LogP contribution in [0.2, 0.25) is 0 Å². The van der Waals surface area contributed by atoms with Gasteiger partial charge in [0.1, 0.15) is 5.82 Å². The van der Waals surface area contributed by atoms with E-state index in [0.717, 1.165) is 25.0 Å². The molecule has 1 amide bonds. The van der Waals surface area contributed by atoms with Crippen molar-refractivity contribution in [2.45, 2.75) is 18.9 Å². The highest BCUT2D eigenvalue weighted by Crippen LogP contribution is 2.12. The quantitative estimate of drug-likeness (QED) is 0.635. The first-order valence-electron chi connectivity index (χ1n) is 6.65. The molecule has 0 spiro atoms. The number of esters is 1. The lowest BCUT2D eigenvalue weighted by molar-refractivity contribution is -0.125. The molecule has 1 aliphatic heterocycles. The minimum atomic E-state index is -0.789. The predicted molar refractivity (Wildman–Crippen MR) is 73.1 cm³/mol. The molecule has 114 valence electrons. The summed E-state index contributed by atoms with van der Waals surface area (Å²) in [4.78, 5) is 23.4. The second-order valence-electron chi connectivity index (χ2n) is 4.80. The fourth-order valence-corrected chi connectivity index (χ4v) is 2.06. The number of anilines is 1. The smallest absolute Gasteiger partial charge is 0.338 e. The van der Waals surface area contributed by atoms with Crippen LogP contribution in [-0.4, -0.2) is 37.7 Å². The van der Waals surface area contributed by atoms with E-state index in [2.05, 4.69) is 5.32 Å². The largest absolute Gasteiger partial charge is 0.452 e. The lowest BCUT2D eigenvalue weighted by atomic mass is 10.1. The number of halogens is 1.